The number of phenols is 1. The molecule has 0 spiro atoms. The second-order valence-corrected chi connectivity index (χ2v) is 8.65. The lowest BCUT2D eigenvalue weighted by Gasteiger charge is -2.21. The van der Waals surface area contributed by atoms with Gasteiger partial charge in [0.1, 0.15) is 22.6 Å². The Labute approximate surface area is 209 Å². The highest BCUT2D eigenvalue weighted by Gasteiger charge is 2.39. The summed E-state index contributed by atoms with van der Waals surface area (Å²) in [6, 6.07) is 4.13. The van der Waals surface area contributed by atoms with E-state index in [0.29, 0.717) is 10.6 Å². The zero-order valence-corrected chi connectivity index (χ0v) is 19.9. The molecule has 0 aliphatic rings. The van der Waals surface area contributed by atoms with E-state index in [1.54, 1.807) is 13.8 Å². The Bertz CT molecular complexity index is 1740. The van der Waals surface area contributed by atoms with Crippen LogP contribution in [-0.4, -0.2) is 29.3 Å². The van der Waals surface area contributed by atoms with Gasteiger partial charge in [0.2, 0.25) is 5.75 Å². The molecule has 0 saturated heterocycles. The van der Waals surface area contributed by atoms with E-state index in [4.69, 9.17) is 0 Å². The summed E-state index contributed by atoms with van der Waals surface area (Å²) >= 11 is 0. The Hall–Kier alpha value is -4.75. The summed E-state index contributed by atoms with van der Waals surface area (Å²) in [6.45, 7) is 4.79. The zero-order valence-electron chi connectivity index (χ0n) is 19.9. The molecule has 0 amide bonds. The normalized spacial score (nSPS) is 11.9. The average molecular weight is 534 g/mol. The molecule has 0 unspecified atom stereocenters. The predicted octanol–water partition coefficient (Wildman–Crippen LogP) is 4.45. The molecule has 10 nitrogen and oxygen atoms in total. The number of hydrogen-bond donors (Lipinski definition) is 2. The van der Waals surface area contributed by atoms with E-state index >= 15 is 0 Å². The number of rotatable bonds is 4. The van der Waals surface area contributed by atoms with Crippen LogP contribution in [0.3, 0.4) is 0 Å². The molecular weight excluding hydrogens is 516 g/mol. The number of phenolic OH excluding ortho intramolecular Hbond substituents is 1. The van der Waals surface area contributed by atoms with E-state index in [2.05, 4.69) is 4.98 Å². The highest BCUT2D eigenvalue weighted by Crippen LogP contribution is 2.39. The van der Waals surface area contributed by atoms with Crippen molar-refractivity contribution in [2.75, 3.05) is 0 Å². The maximum atomic E-state index is 14.8. The molecule has 0 atom stereocenters. The summed E-state index contributed by atoms with van der Waals surface area (Å²) in [7, 11) is 0. The molecule has 2 N–H and O–H groups in total. The number of aromatic nitrogens is 3. The summed E-state index contributed by atoms with van der Waals surface area (Å²) in [5, 5.41) is 31.6. The van der Waals surface area contributed by atoms with Crippen LogP contribution in [0.5, 0.6) is 11.5 Å². The number of halogens is 4. The molecule has 3 aromatic heterocycles. The molecule has 0 fully saturated rings. The smallest absolute Gasteiger partial charge is 0.431 e. The Morgan fingerprint density at radius 2 is 1.71 bits per heavy atom. The number of alkyl halides is 3. The van der Waals surface area contributed by atoms with E-state index in [-0.39, 0.29) is 27.6 Å². The van der Waals surface area contributed by atoms with Gasteiger partial charge in [-0.2, -0.15) is 13.2 Å². The lowest BCUT2D eigenvalue weighted by atomic mass is 10.0. The maximum absolute atomic E-state index is 14.8. The monoisotopic (exact) mass is 534 g/mol. The van der Waals surface area contributed by atoms with Crippen molar-refractivity contribution in [1.82, 2.24) is 14.1 Å². The molecule has 0 aliphatic heterocycles. The van der Waals surface area contributed by atoms with E-state index in [1.807, 2.05) is 0 Å². The van der Waals surface area contributed by atoms with Gasteiger partial charge in [-0.25, -0.2) is 4.39 Å². The van der Waals surface area contributed by atoms with Gasteiger partial charge in [0.15, 0.2) is 5.82 Å². The predicted molar refractivity (Wildman–Crippen MR) is 127 cm³/mol. The first-order chi connectivity index (χ1) is 17.7. The summed E-state index contributed by atoms with van der Waals surface area (Å²) in [4.78, 5) is 41.9. The number of aromatic hydroxyl groups is 2. The second-order valence-electron chi connectivity index (χ2n) is 8.65. The third kappa shape index (κ3) is 3.93. The zero-order chi connectivity index (χ0) is 28.3. The van der Waals surface area contributed by atoms with Gasteiger partial charge in [0.05, 0.1) is 21.7 Å². The van der Waals surface area contributed by atoms with Crippen molar-refractivity contribution in [1.29, 1.82) is 0 Å². The van der Waals surface area contributed by atoms with Crippen LogP contribution in [-0.2, 0) is 6.18 Å². The first-order valence-corrected chi connectivity index (χ1v) is 10.9. The van der Waals surface area contributed by atoms with E-state index in [1.165, 1.54) is 19.2 Å². The van der Waals surface area contributed by atoms with Gasteiger partial charge >= 0.3 is 17.4 Å². The number of nitrogens with zero attached hydrogens (tertiary/aromatic N) is 4. The van der Waals surface area contributed by atoms with Crippen molar-refractivity contribution in [3.63, 3.8) is 0 Å². The van der Waals surface area contributed by atoms with Gasteiger partial charge in [-0.15, -0.1) is 0 Å². The Morgan fingerprint density at radius 1 is 1.05 bits per heavy atom. The minimum absolute atomic E-state index is 0.137. The van der Waals surface area contributed by atoms with Gasteiger partial charge in [-0.3, -0.25) is 33.8 Å². The van der Waals surface area contributed by atoms with Crippen LogP contribution in [0.1, 0.15) is 36.7 Å². The van der Waals surface area contributed by atoms with E-state index < -0.39 is 73.4 Å². The van der Waals surface area contributed by atoms with Crippen LogP contribution in [0.15, 0.2) is 46.1 Å². The Balaban J connectivity index is 2.42. The van der Waals surface area contributed by atoms with E-state index in [0.717, 1.165) is 12.1 Å². The number of aryl methyl sites for hydroxylation is 1. The number of pyridine rings is 3. The fraction of sp³-hybridized carbons (Fsp3) is 0.208. The molecule has 0 bridgehead atoms. The standard InChI is InChI=1S/C24H18F4N4O6/c1-10(2)16-17(11(3)7-8-29-16)31-18-12(21(34)20(23(31)36)32(37)38)9-15(24(26,27)28)30(22(18)35)19-13(25)5-4-6-14(19)33/h4-10,33-34H,1-3H3. The minimum atomic E-state index is -5.38. The highest BCUT2D eigenvalue weighted by molar-refractivity contribution is 5.90. The van der Waals surface area contributed by atoms with Crippen LogP contribution < -0.4 is 11.1 Å². The molecule has 0 aliphatic carbocycles. The molecule has 4 rings (SSSR count). The van der Waals surface area contributed by atoms with Crippen molar-refractivity contribution in [3.05, 3.63) is 90.1 Å². The summed E-state index contributed by atoms with van der Waals surface area (Å²) in [5.41, 5.74) is -8.36. The fourth-order valence-electron chi connectivity index (χ4n) is 4.25. The Morgan fingerprint density at radius 3 is 2.26 bits per heavy atom. The quantitative estimate of drug-likeness (QED) is 0.224. The Kier molecular flexibility index (Phi) is 6.21. The topological polar surface area (TPSA) is 140 Å². The fourth-order valence-corrected chi connectivity index (χ4v) is 4.25. The lowest BCUT2D eigenvalue weighted by molar-refractivity contribution is -0.387. The van der Waals surface area contributed by atoms with Gasteiger partial charge < -0.3 is 10.2 Å². The van der Waals surface area contributed by atoms with Crippen LogP contribution in [0.25, 0.3) is 22.3 Å². The molecule has 1 aromatic carbocycles. The number of fused-ring (bicyclic) bond motifs is 1. The summed E-state index contributed by atoms with van der Waals surface area (Å²) in [6.07, 6.45) is -4.01. The number of nitro groups is 1. The van der Waals surface area contributed by atoms with Crippen LogP contribution in [0, 0.1) is 22.9 Å². The van der Waals surface area contributed by atoms with Crippen molar-refractivity contribution in [2.45, 2.75) is 32.9 Å². The van der Waals surface area contributed by atoms with Gasteiger partial charge in [0.25, 0.3) is 5.56 Å². The van der Waals surface area contributed by atoms with Crippen molar-refractivity contribution in [3.8, 4) is 22.9 Å². The molecule has 38 heavy (non-hydrogen) atoms. The maximum Gasteiger partial charge on any atom is 0.431 e. The molecule has 4 aromatic rings. The first kappa shape index (κ1) is 26.3. The molecule has 14 heteroatoms. The number of benzene rings is 1. The largest absolute Gasteiger partial charge is 0.506 e. The molecule has 0 saturated carbocycles. The summed E-state index contributed by atoms with van der Waals surface area (Å²) < 4.78 is 57.6. The first-order valence-electron chi connectivity index (χ1n) is 10.9. The van der Waals surface area contributed by atoms with Crippen molar-refractivity contribution >= 4 is 16.6 Å². The summed E-state index contributed by atoms with van der Waals surface area (Å²) in [5.74, 6) is -4.35. The van der Waals surface area contributed by atoms with Crippen molar-refractivity contribution in [2.24, 2.45) is 0 Å². The van der Waals surface area contributed by atoms with Crippen LogP contribution >= 0.6 is 0 Å². The highest BCUT2D eigenvalue weighted by atomic mass is 19.4. The average Bonchev–Trinajstić information content (AvgIpc) is 2.80. The van der Waals surface area contributed by atoms with Crippen LogP contribution in [0.2, 0.25) is 0 Å². The third-order valence-corrected chi connectivity index (χ3v) is 5.88. The number of hydrogen-bond acceptors (Lipinski definition) is 7. The minimum Gasteiger partial charge on any atom is -0.506 e. The lowest BCUT2D eigenvalue weighted by Crippen LogP contribution is -2.33. The van der Waals surface area contributed by atoms with Gasteiger partial charge in [-0.1, -0.05) is 19.9 Å². The van der Waals surface area contributed by atoms with Crippen LogP contribution in [0.4, 0.5) is 23.2 Å². The molecular formula is C24H18F4N4O6. The van der Waals surface area contributed by atoms with Gasteiger partial charge in [0, 0.05) is 6.20 Å². The molecule has 198 valence electrons. The number of para-hydroxylation sites is 1. The molecule has 3 heterocycles. The van der Waals surface area contributed by atoms with Gasteiger partial charge in [-0.05, 0) is 42.7 Å². The molecule has 0 radical (unpaired) electrons. The SMILES string of the molecule is Cc1ccnc(C(C)C)c1-n1c(=O)c([N+](=O)[O-])c(O)c2cc(C(F)(F)F)n(-c3c(O)cccc3F)c(=O)c21. The second kappa shape index (κ2) is 8.97. The third-order valence-electron chi connectivity index (χ3n) is 5.88. The van der Waals surface area contributed by atoms with E-state index in [9.17, 15) is 47.5 Å². The van der Waals surface area contributed by atoms with Crippen molar-refractivity contribution < 1.29 is 32.7 Å².